The largest absolute Gasteiger partial charge is 0.466 e. The molecule has 0 unspecified atom stereocenters. The fourth-order valence-electron chi connectivity index (χ4n) is 3.70. The van der Waals surface area contributed by atoms with Crippen molar-refractivity contribution in [3.63, 3.8) is 0 Å². The fraction of sp³-hybridized carbons (Fsp3) is 0.636. The quantitative estimate of drug-likeness (QED) is 0.0216. The standard InChI is InChI=1S/2C12H20O2.2C10H18O2/c2*1-3-5-6-7-8-9-10-11-12(13)14-4-2;2*1-3-5-6-7-8-9-10(11)12-4-2/h2*8-11H,3-7H2,1-2H3;2*7-8H,3-6,9H2,1-2H3. The van der Waals surface area contributed by atoms with Crippen LogP contribution >= 0.6 is 0 Å². The molecule has 0 bridgehead atoms. The molecule has 0 aliphatic heterocycles. The SMILES string of the molecule is CCCCC=CCC(=O)OCC.CCCCC=CCC(=O)OCC.CCCCCC=CC=CC(=O)OCC.CCCCCC=CC=CC(=O)OCC. The second-order valence-electron chi connectivity index (χ2n) is 11.3. The Hall–Kier alpha value is -3.68. The molecule has 0 heterocycles. The topological polar surface area (TPSA) is 105 Å². The van der Waals surface area contributed by atoms with Gasteiger partial charge < -0.3 is 18.9 Å². The number of hydrogen-bond acceptors (Lipinski definition) is 8. The van der Waals surface area contributed by atoms with Crippen molar-refractivity contribution in [3.05, 3.63) is 72.9 Å². The minimum absolute atomic E-state index is 0.134. The van der Waals surface area contributed by atoms with Crippen LogP contribution in [0.3, 0.4) is 0 Å². The Labute approximate surface area is 318 Å². The molecule has 0 aromatic carbocycles. The second-order valence-corrected chi connectivity index (χ2v) is 11.3. The Morgan fingerprint density at radius 1 is 0.365 bits per heavy atom. The maximum atomic E-state index is 10.8. The summed E-state index contributed by atoms with van der Waals surface area (Å²) in [6.07, 6.45) is 39.5. The Balaban J connectivity index is -0.000000296. The predicted molar refractivity (Wildman–Crippen MR) is 218 cm³/mol. The molecule has 0 spiro atoms. The third-order valence-corrected chi connectivity index (χ3v) is 6.44. The van der Waals surface area contributed by atoms with E-state index in [0.717, 1.165) is 25.7 Å². The van der Waals surface area contributed by atoms with Crippen molar-refractivity contribution in [3.8, 4) is 0 Å². The molecule has 0 radical (unpaired) electrons. The first-order chi connectivity index (χ1) is 25.2. The van der Waals surface area contributed by atoms with Crippen molar-refractivity contribution in [1.82, 2.24) is 0 Å². The lowest BCUT2D eigenvalue weighted by Crippen LogP contribution is -2.01. The number of carbonyl (C=O) groups excluding carboxylic acids is 4. The first-order valence-electron chi connectivity index (χ1n) is 19.8. The van der Waals surface area contributed by atoms with Gasteiger partial charge in [-0.2, -0.15) is 0 Å². The summed E-state index contributed by atoms with van der Waals surface area (Å²) in [4.78, 5) is 43.3. The molecule has 0 aromatic heterocycles. The molecular formula is C44H76O8. The molecule has 52 heavy (non-hydrogen) atoms. The maximum absolute atomic E-state index is 10.8. The van der Waals surface area contributed by atoms with Crippen LogP contribution in [-0.2, 0) is 38.1 Å². The maximum Gasteiger partial charge on any atom is 0.330 e. The van der Waals surface area contributed by atoms with Crippen LogP contribution in [-0.4, -0.2) is 50.3 Å². The molecule has 0 rings (SSSR count). The van der Waals surface area contributed by atoms with E-state index in [1.54, 1.807) is 26.0 Å². The zero-order valence-electron chi connectivity index (χ0n) is 34.3. The summed E-state index contributed by atoms with van der Waals surface area (Å²) < 4.78 is 19.0. The molecule has 0 aliphatic carbocycles. The van der Waals surface area contributed by atoms with Crippen LogP contribution in [0.25, 0.3) is 0 Å². The Bertz CT molecular complexity index is 895. The number of ether oxygens (including phenoxy) is 4. The highest BCUT2D eigenvalue weighted by Crippen LogP contribution is 2.01. The highest BCUT2D eigenvalue weighted by atomic mass is 16.5. The lowest BCUT2D eigenvalue weighted by atomic mass is 10.2. The van der Waals surface area contributed by atoms with Crippen LogP contribution in [0.4, 0.5) is 0 Å². The molecule has 0 saturated heterocycles. The lowest BCUT2D eigenvalue weighted by molar-refractivity contribution is -0.143. The number of carbonyl (C=O) groups is 4. The molecule has 0 saturated carbocycles. The van der Waals surface area contributed by atoms with Crippen molar-refractivity contribution >= 4 is 23.9 Å². The average Bonchev–Trinajstić information content (AvgIpc) is 3.12. The molecule has 0 amide bonds. The smallest absolute Gasteiger partial charge is 0.330 e. The van der Waals surface area contributed by atoms with Gasteiger partial charge in [0, 0.05) is 12.2 Å². The van der Waals surface area contributed by atoms with Crippen LogP contribution in [0.1, 0.15) is 158 Å². The summed E-state index contributed by atoms with van der Waals surface area (Å²) in [5, 5.41) is 0. The van der Waals surface area contributed by atoms with E-state index in [2.05, 4.69) is 39.8 Å². The van der Waals surface area contributed by atoms with E-state index in [1.165, 1.54) is 76.4 Å². The number of rotatable bonds is 26. The van der Waals surface area contributed by atoms with Crippen molar-refractivity contribution in [2.75, 3.05) is 26.4 Å². The zero-order valence-corrected chi connectivity index (χ0v) is 34.3. The number of unbranched alkanes of at least 4 members (excludes halogenated alkanes) is 10. The summed E-state index contributed by atoms with van der Waals surface area (Å²) in [5.74, 6) is -0.813. The summed E-state index contributed by atoms with van der Waals surface area (Å²) >= 11 is 0. The van der Waals surface area contributed by atoms with Gasteiger partial charge in [0.2, 0.25) is 0 Å². The van der Waals surface area contributed by atoms with Gasteiger partial charge in [-0.25, -0.2) is 9.59 Å². The van der Waals surface area contributed by atoms with E-state index in [1.807, 2.05) is 50.3 Å². The number of hydrogen-bond donors (Lipinski definition) is 0. The third kappa shape index (κ3) is 58.5. The van der Waals surface area contributed by atoms with E-state index in [0.29, 0.717) is 39.3 Å². The van der Waals surface area contributed by atoms with Gasteiger partial charge in [-0.05, 0) is 66.2 Å². The molecule has 0 atom stereocenters. The van der Waals surface area contributed by atoms with Crippen LogP contribution in [0.15, 0.2) is 72.9 Å². The minimum Gasteiger partial charge on any atom is -0.466 e. The normalized spacial score (nSPS) is 10.9. The van der Waals surface area contributed by atoms with Crippen LogP contribution in [0, 0.1) is 0 Å². The van der Waals surface area contributed by atoms with Gasteiger partial charge in [-0.1, -0.05) is 140 Å². The van der Waals surface area contributed by atoms with Crippen LogP contribution < -0.4 is 0 Å². The molecule has 0 fully saturated rings. The fourth-order valence-corrected chi connectivity index (χ4v) is 3.70. The summed E-state index contributed by atoms with van der Waals surface area (Å²) in [6.45, 7) is 17.7. The first-order valence-corrected chi connectivity index (χ1v) is 19.8. The molecule has 300 valence electrons. The van der Waals surface area contributed by atoms with Gasteiger partial charge in [-0.15, -0.1) is 0 Å². The molecule has 0 N–H and O–H groups in total. The van der Waals surface area contributed by atoms with E-state index in [-0.39, 0.29) is 23.9 Å². The van der Waals surface area contributed by atoms with Gasteiger partial charge in [0.25, 0.3) is 0 Å². The van der Waals surface area contributed by atoms with Gasteiger partial charge in [0.15, 0.2) is 0 Å². The highest BCUT2D eigenvalue weighted by Gasteiger charge is 1.96. The monoisotopic (exact) mass is 733 g/mol. The van der Waals surface area contributed by atoms with E-state index >= 15 is 0 Å². The molecule has 8 nitrogen and oxygen atoms in total. The third-order valence-electron chi connectivity index (χ3n) is 6.44. The van der Waals surface area contributed by atoms with Gasteiger partial charge in [-0.3, -0.25) is 9.59 Å². The van der Waals surface area contributed by atoms with Gasteiger partial charge in [0.05, 0.1) is 39.3 Å². The Kier molecular flexibility index (Phi) is 54.8. The average molecular weight is 733 g/mol. The second kappa shape index (κ2) is 51.7. The zero-order chi connectivity index (χ0) is 39.8. The van der Waals surface area contributed by atoms with E-state index in [9.17, 15) is 19.2 Å². The minimum atomic E-state index is -0.272. The molecule has 8 heteroatoms. The Morgan fingerprint density at radius 3 is 1.00 bits per heavy atom. The molecular weight excluding hydrogens is 656 g/mol. The molecule has 0 aliphatic rings. The van der Waals surface area contributed by atoms with Crippen molar-refractivity contribution in [2.24, 2.45) is 0 Å². The van der Waals surface area contributed by atoms with Crippen LogP contribution in [0.2, 0.25) is 0 Å². The van der Waals surface area contributed by atoms with E-state index in [4.69, 9.17) is 18.9 Å². The lowest BCUT2D eigenvalue weighted by Gasteiger charge is -1.96. The summed E-state index contributed by atoms with van der Waals surface area (Å²) in [5.41, 5.74) is 0. The van der Waals surface area contributed by atoms with Crippen molar-refractivity contribution in [1.29, 1.82) is 0 Å². The number of allylic oxidation sites excluding steroid dienone is 8. The predicted octanol–water partition coefficient (Wildman–Crippen LogP) is 11.9. The van der Waals surface area contributed by atoms with E-state index < -0.39 is 0 Å². The highest BCUT2D eigenvalue weighted by molar-refractivity contribution is 5.82. The van der Waals surface area contributed by atoms with Gasteiger partial charge >= 0.3 is 23.9 Å². The molecule has 0 aromatic rings. The number of esters is 4. The van der Waals surface area contributed by atoms with Crippen molar-refractivity contribution < 1.29 is 38.1 Å². The Morgan fingerprint density at radius 2 is 0.692 bits per heavy atom. The first kappa shape index (κ1) is 55.1. The van der Waals surface area contributed by atoms with Crippen molar-refractivity contribution in [2.45, 2.75) is 158 Å². The summed E-state index contributed by atoms with van der Waals surface area (Å²) in [6, 6.07) is 0. The summed E-state index contributed by atoms with van der Waals surface area (Å²) in [7, 11) is 0. The van der Waals surface area contributed by atoms with Gasteiger partial charge in [0.1, 0.15) is 0 Å². The van der Waals surface area contributed by atoms with Crippen LogP contribution in [0.5, 0.6) is 0 Å².